The number of aromatic nitrogens is 1. The molecule has 0 aliphatic carbocycles. The average molecular weight is 422 g/mol. The number of halogens is 1. The minimum absolute atomic E-state index is 0.159. The van der Waals surface area contributed by atoms with E-state index in [0.717, 1.165) is 23.0 Å². The Morgan fingerprint density at radius 3 is 2.54 bits per heavy atom. The summed E-state index contributed by atoms with van der Waals surface area (Å²) in [7, 11) is 1.55. The number of methoxy groups -OCH3 is 1. The van der Waals surface area contributed by atoms with Crippen molar-refractivity contribution in [1.82, 2.24) is 4.98 Å². The summed E-state index contributed by atoms with van der Waals surface area (Å²) >= 11 is 3.39. The van der Waals surface area contributed by atoms with E-state index >= 15 is 0 Å². The molecule has 0 saturated heterocycles. The summed E-state index contributed by atoms with van der Waals surface area (Å²) < 4.78 is 12.1. The topological polar surface area (TPSA) is 86.5 Å². The molecule has 0 unspecified atom stereocenters. The largest absolute Gasteiger partial charge is 0.493 e. The molecule has 26 heavy (non-hydrogen) atoms. The lowest BCUT2D eigenvalue weighted by molar-refractivity contribution is 0.0998. The van der Waals surface area contributed by atoms with Crippen LogP contribution < -0.4 is 20.5 Å². The van der Waals surface area contributed by atoms with Crippen molar-refractivity contribution >= 4 is 27.5 Å². The van der Waals surface area contributed by atoms with E-state index in [-0.39, 0.29) is 17.5 Å². The molecule has 0 fully saturated rings. The van der Waals surface area contributed by atoms with Crippen LogP contribution in [0.1, 0.15) is 42.7 Å². The van der Waals surface area contributed by atoms with E-state index in [1.54, 1.807) is 19.2 Å². The van der Waals surface area contributed by atoms with E-state index in [2.05, 4.69) is 40.1 Å². The zero-order valence-electron chi connectivity index (χ0n) is 15.4. The minimum atomic E-state index is -0.600. The molecule has 2 rings (SSSR count). The second kappa shape index (κ2) is 8.89. The number of pyridine rings is 1. The number of nitrogens with zero attached hydrogens (tertiary/aromatic N) is 1. The number of benzene rings is 1. The molecule has 7 heteroatoms. The maximum atomic E-state index is 12.1. The number of anilines is 1. The van der Waals surface area contributed by atoms with Gasteiger partial charge in [-0.05, 0) is 44.0 Å². The lowest BCUT2D eigenvalue weighted by Crippen LogP contribution is -2.22. The predicted octanol–water partition coefficient (Wildman–Crippen LogP) is 4.65. The normalized spacial score (nSPS) is 10.7. The molecule has 1 aromatic carbocycles. The highest BCUT2D eigenvalue weighted by Gasteiger charge is 2.21. The molecule has 0 bridgehead atoms. The number of ether oxygens (including phenoxy) is 2. The molecule has 6 nitrogen and oxygen atoms in total. The molecular formula is C19H24BrN3O3. The van der Waals surface area contributed by atoms with E-state index in [1.165, 1.54) is 0 Å². The molecule has 140 valence electrons. The van der Waals surface area contributed by atoms with Crippen molar-refractivity contribution in [2.45, 2.75) is 39.7 Å². The summed E-state index contributed by atoms with van der Waals surface area (Å²) in [5, 5.41) is 3.37. The van der Waals surface area contributed by atoms with Crippen LogP contribution in [0.4, 0.5) is 5.69 Å². The molecule has 0 saturated carbocycles. The minimum Gasteiger partial charge on any atom is -0.493 e. The number of carbonyl (C=O) groups is 1. The van der Waals surface area contributed by atoms with Crippen LogP contribution in [0.25, 0.3) is 0 Å². The highest BCUT2D eigenvalue weighted by Crippen LogP contribution is 2.36. The molecular weight excluding hydrogens is 398 g/mol. The molecule has 0 spiro atoms. The standard InChI is InChI=1S/C19H24BrN3O3/c1-5-13(6-2)23-14-9-11(3)22-19(17(14)18(21)24)26-15-8-7-12(20)10-16(15)25-4/h7-10,13H,5-6H2,1-4H3,(H2,21,24)(H,22,23). The van der Waals surface area contributed by atoms with Crippen LogP contribution in [0.15, 0.2) is 28.7 Å². The zero-order chi connectivity index (χ0) is 19.3. The molecule has 0 radical (unpaired) electrons. The number of primary amides is 1. The van der Waals surface area contributed by atoms with Gasteiger partial charge in [-0.1, -0.05) is 29.8 Å². The third-order valence-corrected chi connectivity index (χ3v) is 4.53. The van der Waals surface area contributed by atoms with Gasteiger partial charge in [0.1, 0.15) is 5.56 Å². The molecule has 2 aromatic rings. The van der Waals surface area contributed by atoms with Gasteiger partial charge in [-0.3, -0.25) is 4.79 Å². The second-order valence-electron chi connectivity index (χ2n) is 5.91. The van der Waals surface area contributed by atoms with Gasteiger partial charge in [-0.25, -0.2) is 4.98 Å². The van der Waals surface area contributed by atoms with Crippen molar-refractivity contribution in [2.75, 3.05) is 12.4 Å². The van der Waals surface area contributed by atoms with Gasteiger partial charge in [0.05, 0.1) is 12.8 Å². The Balaban J connectivity index is 2.51. The number of nitrogens with two attached hydrogens (primary N) is 1. The van der Waals surface area contributed by atoms with Crippen LogP contribution in [-0.2, 0) is 0 Å². The fourth-order valence-electron chi connectivity index (χ4n) is 2.61. The van der Waals surface area contributed by atoms with Crippen molar-refractivity contribution in [1.29, 1.82) is 0 Å². The van der Waals surface area contributed by atoms with E-state index < -0.39 is 5.91 Å². The van der Waals surface area contributed by atoms with Gasteiger partial charge in [-0.2, -0.15) is 0 Å². The molecule has 1 heterocycles. The maximum Gasteiger partial charge on any atom is 0.256 e. The molecule has 0 aliphatic rings. The highest BCUT2D eigenvalue weighted by molar-refractivity contribution is 9.10. The van der Waals surface area contributed by atoms with Crippen LogP contribution >= 0.6 is 15.9 Å². The molecule has 1 aromatic heterocycles. The van der Waals surface area contributed by atoms with Crippen molar-refractivity contribution in [3.05, 3.63) is 40.0 Å². The van der Waals surface area contributed by atoms with E-state index in [4.69, 9.17) is 15.2 Å². The summed E-state index contributed by atoms with van der Waals surface area (Å²) in [6, 6.07) is 7.37. The fourth-order valence-corrected chi connectivity index (χ4v) is 2.95. The smallest absolute Gasteiger partial charge is 0.256 e. The number of aryl methyl sites for hydroxylation is 1. The number of hydrogen-bond donors (Lipinski definition) is 2. The first-order valence-electron chi connectivity index (χ1n) is 8.48. The van der Waals surface area contributed by atoms with Crippen molar-refractivity contribution in [3.8, 4) is 17.4 Å². The first-order chi connectivity index (χ1) is 12.4. The van der Waals surface area contributed by atoms with Crippen LogP contribution in [0.3, 0.4) is 0 Å². The third-order valence-electron chi connectivity index (χ3n) is 4.04. The predicted molar refractivity (Wildman–Crippen MR) is 106 cm³/mol. The Bertz CT molecular complexity index is 792. The SMILES string of the molecule is CCC(CC)Nc1cc(C)nc(Oc2ccc(Br)cc2OC)c1C(N)=O. The number of nitrogens with one attached hydrogen (secondary N) is 1. The van der Waals surface area contributed by atoms with Gasteiger partial charge < -0.3 is 20.5 Å². The Morgan fingerprint density at radius 1 is 1.27 bits per heavy atom. The quantitative estimate of drug-likeness (QED) is 0.647. The summed E-state index contributed by atoms with van der Waals surface area (Å²) in [6.07, 6.45) is 1.85. The molecule has 1 amide bonds. The first kappa shape index (κ1) is 20.0. The van der Waals surface area contributed by atoms with Gasteiger partial charge in [0.2, 0.25) is 5.88 Å². The van der Waals surface area contributed by atoms with E-state index in [9.17, 15) is 4.79 Å². The zero-order valence-corrected chi connectivity index (χ0v) is 17.0. The number of amides is 1. The van der Waals surface area contributed by atoms with Crippen molar-refractivity contribution in [3.63, 3.8) is 0 Å². The number of hydrogen-bond acceptors (Lipinski definition) is 5. The molecule has 0 atom stereocenters. The third kappa shape index (κ3) is 4.66. The van der Waals surface area contributed by atoms with Gasteiger partial charge in [0.15, 0.2) is 11.5 Å². The van der Waals surface area contributed by atoms with Gasteiger partial charge in [0, 0.05) is 16.2 Å². The van der Waals surface area contributed by atoms with Crippen LogP contribution in [0.2, 0.25) is 0 Å². The van der Waals surface area contributed by atoms with Crippen LogP contribution in [0.5, 0.6) is 17.4 Å². The summed E-state index contributed by atoms with van der Waals surface area (Å²) in [4.78, 5) is 16.5. The second-order valence-corrected chi connectivity index (χ2v) is 6.83. The summed E-state index contributed by atoms with van der Waals surface area (Å²) in [5.41, 5.74) is 7.21. The Morgan fingerprint density at radius 2 is 1.96 bits per heavy atom. The molecule has 0 aliphatic heterocycles. The van der Waals surface area contributed by atoms with Gasteiger partial charge >= 0.3 is 0 Å². The number of rotatable bonds is 8. The van der Waals surface area contributed by atoms with Crippen LogP contribution in [-0.4, -0.2) is 24.0 Å². The Hall–Kier alpha value is -2.28. The van der Waals surface area contributed by atoms with Crippen molar-refractivity contribution in [2.24, 2.45) is 5.73 Å². The monoisotopic (exact) mass is 421 g/mol. The first-order valence-corrected chi connectivity index (χ1v) is 9.28. The lowest BCUT2D eigenvalue weighted by atomic mass is 10.1. The summed E-state index contributed by atoms with van der Waals surface area (Å²) in [5.74, 6) is 0.529. The van der Waals surface area contributed by atoms with Gasteiger partial charge in [-0.15, -0.1) is 0 Å². The lowest BCUT2D eigenvalue weighted by Gasteiger charge is -2.20. The maximum absolute atomic E-state index is 12.1. The summed E-state index contributed by atoms with van der Waals surface area (Å²) in [6.45, 7) is 6.01. The van der Waals surface area contributed by atoms with Gasteiger partial charge in [0.25, 0.3) is 5.91 Å². The fraction of sp³-hybridized carbons (Fsp3) is 0.368. The Kier molecular flexibility index (Phi) is 6.85. The van der Waals surface area contributed by atoms with Crippen molar-refractivity contribution < 1.29 is 14.3 Å². The molecule has 3 N–H and O–H groups in total. The number of carbonyl (C=O) groups excluding carboxylic acids is 1. The average Bonchev–Trinajstić information content (AvgIpc) is 2.60. The van der Waals surface area contributed by atoms with E-state index in [0.29, 0.717) is 17.2 Å². The van der Waals surface area contributed by atoms with Crippen LogP contribution in [0, 0.1) is 6.92 Å². The van der Waals surface area contributed by atoms with E-state index in [1.807, 2.05) is 19.1 Å². The Labute approximate surface area is 162 Å². The highest BCUT2D eigenvalue weighted by atomic mass is 79.9.